The third kappa shape index (κ3) is 7.60. The molecule has 0 unspecified atom stereocenters. The minimum atomic E-state index is -0.340. The van der Waals surface area contributed by atoms with E-state index in [1.165, 1.54) is 0 Å². The average molecular weight is 590 g/mol. The topological polar surface area (TPSA) is 69.2 Å². The van der Waals surface area contributed by atoms with E-state index in [0.29, 0.717) is 36.9 Å². The molecule has 0 fully saturated rings. The summed E-state index contributed by atoms with van der Waals surface area (Å²) in [6, 6.07) is 18.7. The lowest BCUT2D eigenvalue weighted by atomic mass is 10.2. The van der Waals surface area contributed by atoms with Crippen LogP contribution in [0.2, 0.25) is 0 Å². The summed E-state index contributed by atoms with van der Waals surface area (Å²) in [7, 11) is 0. The molecule has 178 valence electrons. The van der Waals surface area contributed by atoms with E-state index in [0.717, 1.165) is 32.2 Å². The Hall–Kier alpha value is -2.84. The van der Waals surface area contributed by atoms with E-state index in [-0.39, 0.29) is 5.91 Å². The third-order valence-corrected chi connectivity index (χ3v) is 5.76. The van der Waals surface area contributed by atoms with Crippen molar-refractivity contribution in [2.45, 2.75) is 26.9 Å². The normalized spacial score (nSPS) is 10.8. The molecule has 0 spiro atoms. The van der Waals surface area contributed by atoms with Gasteiger partial charge in [0.15, 0.2) is 11.5 Å². The van der Waals surface area contributed by atoms with Gasteiger partial charge in [-0.2, -0.15) is 5.10 Å². The molecule has 0 saturated carbocycles. The third-order valence-electron chi connectivity index (χ3n) is 4.61. The number of benzene rings is 3. The van der Waals surface area contributed by atoms with Crippen LogP contribution in [0.5, 0.6) is 17.2 Å². The molecule has 0 aliphatic heterocycles. The number of hydrazone groups is 1. The molecule has 0 atom stereocenters. The van der Waals surface area contributed by atoms with Crippen molar-refractivity contribution in [3.63, 3.8) is 0 Å². The van der Waals surface area contributed by atoms with Crippen LogP contribution in [0.3, 0.4) is 0 Å². The first-order chi connectivity index (χ1) is 16.5. The molecule has 0 aromatic heterocycles. The van der Waals surface area contributed by atoms with Crippen LogP contribution in [0.25, 0.3) is 0 Å². The molecule has 8 heteroatoms. The Morgan fingerprint density at radius 3 is 2.38 bits per heavy atom. The Morgan fingerprint density at radius 2 is 1.68 bits per heavy atom. The highest BCUT2D eigenvalue weighted by Crippen LogP contribution is 2.29. The molecule has 1 N–H and O–H groups in total. The average Bonchev–Trinajstić information content (AvgIpc) is 2.84. The fourth-order valence-corrected chi connectivity index (χ4v) is 3.71. The molecule has 0 saturated heterocycles. The largest absolute Gasteiger partial charge is 0.490 e. The molecule has 0 radical (unpaired) electrons. The van der Waals surface area contributed by atoms with Crippen LogP contribution in [0.4, 0.5) is 0 Å². The molecule has 0 heterocycles. The van der Waals surface area contributed by atoms with Crippen molar-refractivity contribution in [2.75, 3.05) is 13.2 Å². The van der Waals surface area contributed by atoms with Gasteiger partial charge < -0.3 is 14.2 Å². The zero-order valence-electron chi connectivity index (χ0n) is 19.0. The summed E-state index contributed by atoms with van der Waals surface area (Å²) in [5, 5.41) is 4.08. The van der Waals surface area contributed by atoms with Crippen LogP contribution < -0.4 is 19.6 Å². The summed E-state index contributed by atoms with van der Waals surface area (Å²) in [4.78, 5) is 12.5. The Bertz CT molecular complexity index is 1130. The van der Waals surface area contributed by atoms with Gasteiger partial charge in [0.05, 0.1) is 23.9 Å². The van der Waals surface area contributed by atoms with Gasteiger partial charge in [-0.3, -0.25) is 4.79 Å². The van der Waals surface area contributed by atoms with Gasteiger partial charge in [-0.25, -0.2) is 5.43 Å². The number of nitrogens with one attached hydrogen (secondary N) is 1. The molecular formula is C26H26Br2N2O4. The van der Waals surface area contributed by atoms with Crippen molar-refractivity contribution >= 4 is 44.0 Å². The number of rotatable bonds is 11. The Kier molecular flexibility index (Phi) is 9.97. The first-order valence-corrected chi connectivity index (χ1v) is 12.5. The van der Waals surface area contributed by atoms with Crippen LogP contribution in [-0.2, 0) is 6.61 Å². The van der Waals surface area contributed by atoms with Crippen molar-refractivity contribution in [2.24, 2.45) is 5.10 Å². The van der Waals surface area contributed by atoms with Gasteiger partial charge in [0.25, 0.3) is 5.91 Å². The summed E-state index contributed by atoms with van der Waals surface area (Å²) in [5.41, 5.74) is 4.86. The number of hydrogen-bond acceptors (Lipinski definition) is 5. The van der Waals surface area contributed by atoms with Crippen LogP contribution in [0.1, 0.15) is 41.8 Å². The quantitative estimate of drug-likeness (QED) is 0.199. The summed E-state index contributed by atoms with van der Waals surface area (Å²) >= 11 is 6.96. The summed E-state index contributed by atoms with van der Waals surface area (Å²) in [6.45, 7) is 5.43. The standard InChI is InChI=1S/C26H26Br2N2O4/c1-3-13-33-24-12-8-20(15-25(24)32-4-2)26(31)30-29-16-19-7-11-23(22(28)14-19)34-17-18-5-9-21(27)10-6-18/h5-12,14-16H,3-4,13,17H2,1-2H3,(H,30,31)/b29-16+. The minimum Gasteiger partial charge on any atom is -0.490 e. The Morgan fingerprint density at radius 1 is 0.912 bits per heavy atom. The van der Waals surface area contributed by atoms with Gasteiger partial charge in [0.1, 0.15) is 12.4 Å². The second kappa shape index (κ2) is 13.2. The minimum absolute atomic E-state index is 0.340. The molecular weight excluding hydrogens is 564 g/mol. The van der Waals surface area contributed by atoms with Crippen LogP contribution in [0, 0.1) is 0 Å². The van der Waals surface area contributed by atoms with Crippen LogP contribution >= 0.6 is 31.9 Å². The maximum absolute atomic E-state index is 12.5. The SMILES string of the molecule is CCCOc1ccc(C(=O)N/N=C/c2ccc(OCc3ccc(Br)cc3)c(Br)c2)cc1OCC. The van der Waals surface area contributed by atoms with Crippen molar-refractivity contribution < 1.29 is 19.0 Å². The van der Waals surface area contributed by atoms with Gasteiger partial charge in [0.2, 0.25) is 0 Å². The highest BCUT2D eigenvalue weighted by molar-refractivity contribution is 9.10. The number of carbonyl (C=O) groups is 1. The molecule has 3 aromatic carbocycles. The van der Waals surface area contributed by atoms with E-state index in [1.54, 1.807) is 24.4 Å². The lowest BCUT2D eigenvalue weighted by molar-refractivity contribution is 0.0954. The van der Waals surface area contributed by atoms with Crippen molar-refractivity contribution in [1.29, 1.82) is 0 Å². The smallest absolute Gasteiger partial charge is 0.271 e. The highest BCUT2D eigenvalue weighted by atomic mass is 79.9. The lowest BCUT2D eigenvalue weighted by Crippen LogP contribution is -2.17. The molecule has 3 aromatic rings. The Labute approximate surface area is 216 Å². The van der Waals surface area contributed by atoms with Gasteiger partial charge in [-0.05, 0) is 88.9 Å². The molecule has 0 aliphatic carbocycles. The van der Waals surface area contributed by atoms with E-state index >= 15 is 0 Å². The number of hydrogen-bond donors (Lipinski definition) is 1. The predicted octanol–water partition coefficient (Wildman–Crippen LogP) is 6.74. The van der Waals surface area contributed by atoms with Crippen molar-refractivity contribution in [3.8, 4) is 17.2 Å². The van der Waals surface area contributed by atoms with E-state index < -0.39 is 0 Å². The molecule has 6 nitrogen and oxygen atoms in total. The van der Waals surface area contributed by atoms with E-state index in [1.807, 2.05) is 56.3 Å². The fraction of sp³-hybridized carbons (Fsp3) is 0.231. The van der Waals surface area contributed by atoms with Crippen LogP contribution in [-0.4, -0.2) is 25.3 Å². The molecule has 3 rings (SSSR count). The van der Waals surface area contributed by atoms with Crippen LogP contribution in [0.15, 0.2) is 74.7 Å². The highest BCUT2D eigenvalue weighted by Gasteiger charge is 2.11. The monoisotopic (exact) mass is 588 g/mol. The van der Waals surface area contributed by atoms with E-state index in [9.17, 15) is 4.79 Å². The number of carbonyl (C=O) groups excluding carboxylic acids is 1. The summed E-state index contributed by atoms with van der Waals surface area (Å²) in [6.07, 6.45) is 2.46. The number of amides is 1. The second-order valence-electron chi connectivity index (χ2n) is 7.25. The zero-order valence-corrected chi connectivity index (χ0v) is 22.2. The first kappa shape index (κ1) is 25.8. The van der Waals surface area contributed by atoms with E-state index in [4.69, 9.17) is 14.2 Å². The summed E-state index contributed by atoms with van der Waals surface area (Å²) < 4.78 is 19.0. The molecule has 0 aliphatic rings. The maximum Gasteiger partial charge on any atom is 0.271 e. The van der Waals surface area contributed by atoms with Crippen molar-refractivity contribution in [3.05, 3.63) is 86.3 Å². The lowest BCUT2D eigenvalue weighted by Gasteiger charge is -2.12. The van der Waals surface area contributed by atoms with Crippen molar-refractivity contribution in [1.82, 2.24) is 5.43 Å². The zero-order chi connectivity index (χ0) is 24.3. The number of nitrogens with zero attached hydrogens (tertiary/aromatic N) is 1. The van der Waals surface area contributed by atoms with Gasteiger partial charge in [-0.15, -0.1) is 0 Å². The number of ether oxygens (including phenoxy) is 3. The summed E-state index contributed by atoms with van der Waals surface area (Å²) in [5.74, 6) is 1.54. The van der Waals surface area contributed by atoms with Gasteiger partial charge in [-0.1, -0.05) is 35.0 Å². The van der Waals surface area contributed by atoms with Gasteiger partial charge >= 0.3 is 0 Å². The maximum atomic E-state index is 12.5. The number of halogens is 2. The Balaban J connectivity index is 1.59. The first-order valence-electron chi connectivity index (χ1n) is 10.9. The second-order valence-corrected chi connectivity index (χ2v) is 9.02. The fourth-order valence-electron chi connectivity index (χ4n) is 2.94. The molecule has 0 bridgehead atoms. The van der Waals surface area contributed by atoms with E-state index in [2.05, 4.69) is 42.4 Å². The van der Waals surface area contributed by atoms with Gasteiger partial charge in [0, 0.05) is 10.0 Å². The molecule has 1 amide bonds. The predicted molar refractivity (Wildman–Crippen MR) is 141 cm³/mol. The molecule has 34 heavy (non-hydrogen) atoms.